The summed E-state index contributed by atoms with van der Waals surface area (Å²) in [6, 6.07) is 16.6. The summed E-state index contributed by atoms with van der Waals surface area (Å²) < 4.78 is 16.0. The molecule has 162 valence electrons. The topological polar surface area (TPSA) is 117 Å². The Kier molecular flexibility index (Phi) is 5.91. The van der Waals surface area contributed by atoms with E-state index in [1.807, 2.05) is 0 Å². The summed E-state index contributed by atoms with van der Waals surface area (Å²) in [5, 5.41) is 13.4. The molecule has 0 spiro atoms. The Morgan fingerprint density at radius 2 is 1.78 bits per heavy atom. The van der Waals surface area contributed by atoms with Crippen molar-refractivity contribution in [3.63, 3.8) is 0 Å². The number of amides is 1. The molecule has 0 radical (unpaired) electrons. The molecule has 0 unspecified atom stereocenters. The third kappa shape index (κ3) is 4.47. The second kappa shape index (κ2) is 8.94. The van der Waals surface area contributed by atoms with Crippen molar-refractivity contribution in [2.75, 3.05) is 12.1 Å². The highest BCUT2D eigenvalue weighted by molar-refractivity contribution is 6.34. The molecule has 0 aliphatic carbocycles. The molecule has 4 rings (SSSR count). The SMILES string of the molecule is O=C(O[C@@H](C(=O)Nc1ccc([N+](=O)[O-])cc1Cl)c1ccccc1)c1ccc2c(c1)OCO2. The van der Waals surface area contributed by atoms with E-state index in [-0.39, 0.29) is 28.8 Å². The van der Waals surface area contributed by atoms with Crippen molar-refractivity contribution in [3.8, 4) is 11.5 Å². The minimum atomic E-state index is -1.31. The second-order valence-electron chi connectivity index (χ2n) is 6.67. The third-order valence-corrected chi connectivity index (χ3v) is 4.91. The van der Waals surface area contributed by atoms with Gasteiger partial charge in [0.2, 0.25) is 12.9 Å². The van der Waals surface area contributed by atoms with Gasteiger partial charge in [0.1, 0.15) is 0 Å². The number of esters is 1. The van der Waals surface area contributed by atoms with Crippen molar-refractivity contribution >= 4 is 34.9 Å². The molecule has 9 nitrogen and oxygen atoms in total. The highest BCUT2D eigenvalue weighted by Gasteiger charge is 2.27. The smallest absolute Gasteiger partial charge is 0.339 e. The normalized spacial score (nSPS) is 12.7. The highest BCUT2D eigenvalue weighted by atomic mass is 35.5. The summed E-state index contributed by atoms with van der Waals surface area (Å²) >= 11 is 6.07. The zero-order valence-electron chi connectivity index (χ0n) is 16.3. The Hall–Kier alpha value is -4.11. The van der Waals surface area contributed by atoms with E-state index >= 15 is 0 Å². The number of non-ortho nitro benzene ring substituents is 1. The van der Waals surface area contributed by atoms with E-state index in [9.17, 15) is 19.7 Å². The first-order valence-electron chi connectivity index (χ1n) is 9.33. The van der Waals surface area contributed by atoms with E-state index in [4.69, 9.17) is 25.8 Å². The Morgan fingerprint density at radius 1 is 1.03 bits per heavy atom. The van der Waals surface area contributed by atoms with Gasteiger partial charge in [-0.05, 0) is 24.3 Å². The van der Waals surface area contributed by atoms with Gasteiger partial charge in [-0.2, -0.15) is 0 Å². The van der Waals surface area contributed by atoms with Crippen LogP contribution in [0.15, 0.2) is 66.7 Å². The monoisotopic (exact) mass is 454 g/mol. The maximum atomic E-state index is 13.0. The van der Waals surface area contributed by atoms with Crippen molar-refractivity contribution < 1.29 is 28.7 Å². The van der Waals surface area contributed by atoms with Crippen LogP contribution < -0.4 is 14.8 Å². The predicted octanol–water partition coefficient (Wildman–Crippen LogP) is 4.51. The van der Waals surface area contributed by atoms with Gasteiger partial charge in [0.25, 0.3) is 11.6 Å². The van der Waals surface area contributed by atoms with Crippen molar-refractivity contribution in [2.24, 2.45) is 0 Å². The summed E-state index contributed by atoms with van der Waals surface area (Å²) in [4.78, 5) is 36.1. The average molecular weight is 455 g/mol. The van der Waals surface area contributed by atoms with Gasteiger partial charge < -0.3 is 19.5 Å². The zero-order valence-corrected chi connectivity index (χ0v) is 17.1. The summed E-state index contributed by atoms with van der Waals surface area (Å²) in [7, 11) is 0. The molecule has 3 aromatic carbocycles. The maximum absolute atomic E-state index is 13.0. The van der Waals surface area contributed by atoms with Crippen LogP contribution in [-0.4, -0.2) is 23.6 Å². The van der Waals surface area contributed by atoms with Gasteiger partial charge in [-0.3, -0.25) is 14.9 Å². The van der Waals surface area contributed by atoms with Crippen LogP contribution in [0.25, 0.3) is 0 Å². The third-order valence-electron chi connectivity index (χ3n) is 4.59. The molecular formula is C22H15ClN2O7. The van der Waals surface area contributed by atoms with Crippen molar-refractivity contribution in [2.45, 2.75) is 6.10 Å². The molecule has 1 amide bonds. The Morgan fingerprint density at radius 3 is 2.50 bits per heavy atom. The first-order valence-corrected chi connectivity index (χ1v) is 9.70. The minimum Gasteiger partial charge on any atom is -0.454 e. The van der Waals surface area contributed by atoms with Gasteiger partial charge in [-0.1, -0.05) is 41.9 Å². The first kappa shape index (κ1) is 21.1. The van der Waals surface area contributed by atoms with Gasteiger partial charge in [-0.25, -0.2) is 4.79 Å². The zero-order chi connectivity index (χ0) is 22.7. The Labute approximate surface area is 186 Å². The second-order valence-corrected chi connectivity index (χ2v) is 7.08. The number of halogens is 1. The van der Waals surface area contributed by atoms with Gasteiger partial charge in [-0.15, -0.1) is 0 Å². The number of hydrogen-bond acceptors (Lipinski definition) is 7. The lowest BCUT2D eigenvalue weighted by Gasteiger charge is -2.18. The molecule has 0 bridgehead atoms. The number of hydrogen-bond donors (Lipinski definition) is 1. The van der Waals surface area contributed by atoms with Crippen LogP contribution in [0, 0.1) is 10.1 Å². The largest absolute Gasteiger partial charge is 0.454 e. The lowest BCUT2D eigenvalue weighted by Crippen LogP contribution is -2.26. The number of carbonyl (C=O) groups excluding carboxylic acids is 2. The summed E-state index contributed by atoms with van der Waals surface area (Å²) in [6.07, 6.45) is -1.31. The molecular weight excluding hydrogens is 440 g/mol. The predicted molar refractivity (Wildman–Crippen MR) is 114 cm³/mol. The van der Waals surface area contributed by atoms with Crippen molar-refractivity contribution in [3.05, 3.63) is 93.0 Å². The first-order chi connectivity index (χ1) is 15.4. The van der Waals surface area contributed by atoms with E-state index in [0.29, 0.717) is 17.1 Å². The fourth-order valence-corrected chi connectivity index (χ4v) is 3.24. The van der Waals surface area contributed by atoms with Gasteiger partial charge in [0.05, 0.1) is 21.2 Å². The number of nitro benzene ring substituents is 1. The number of fused-ring (bicyclic) bond motifs is 1. The fraction of sp³-hybridized carbons (Fsp3) is 0.0909. The lowest BCUT2D eigenvalue weighted by molar-refractivity contribution is -0.384. The summed E-state index contributed by atoms with van der Waals surface area (Å²) in [5.74, 6) is -0.521. The number of nitro groups is 1. The lowest BCUT2D eigenvalue weighted by atomic mass is 10.1. The van der Waals surface area contributed by atoms with E-state index in [1.54, 1.807) is 36.4 Å². The molecule has 0 saturated heterocycles. The molecule has 0 saturated carbocycles. The molecule has 1 aliphatic rings. The number of nitrogens with zero attached hydrogens (tertiary/aromatic N) is 1. The molecule has 1 aliphatic heterocycles. The van der Waals surface area contributed by atoms with E-state index in [0.717, 1.165) is 6.07 Å². The van der Waals surface area contributed by atoms with Crippen molar-refractivity contribution in [1.29, 1.82) is 0 Å². The molecule has 1 heterocycles. The maximum Gasteiger partial charge on any atom is 0.339 e. The fourth-order valence-electron chi connectivity index (χ4n) is 3.02. The molecule has 0 fully saturated rings. The van der Waals surface area contributed by atoms with Crippen LogP contribution in [0.3, 0.4) is 0 Å². The number of anilines is 1. The Balaban J connectivity index is 1.58. The van der Waals surface area contributed by atoms with Crippen LogP contribution in [0.5, 0.6) is 11.5 Å². The Bertz CT molecular complexity index is 1200. The molecule has 10 heteroatoms. The van der Waals surface area contributed by atoms with Gasteiger partial charge in [0.15, 0.2) is 11.5 Å². The quantitative estimate of drug-likeness (QED) is 0.330. The van der Waals surface area contributed by atoms with Crippen LogP contribution in [0.1, 0.15) is 22.0 Å². The number of benzene rings is 3. The molecule has 1 N–H and O–H groups in total. The minimum absolute atomic E-state index is 0.0264. The highest BCUT2D eigenvalue weighted by Crippen LogP contribution is 2.33. The molecule has 32 heavy (non-hydrogen) atoms. The van der Waals surface area contributed by atoms with Gasteiger partial charge >= 0.3 is 5.97 Å². The summed E-state index contributed by atoms with van der Waals surface area (Å²) in [6.45, 7) is 0.0544. The van der Waals surface area contributed by atoms with Crippen LogP contribution in [-0.2, 0) is 9.53 Å². The molecule has 1 atom stereocenters. The van der Waals surface area contributed by atoms with Crippen LogP contribution in [0.4, 0.5) is 11.4 Å². The van der Waals surface area contributed by atoms with Crippen LogP contribution in [0.2, 0.25) is 5.02 Å². The van der Waals surface area contributed by atoms with Gasteiger partial charge in [0, 0.05) is 17.7 Å². The average Bonchev–Trinajstić information content (AvgIpc) is 3.27. The number of nitrogens with one attached hydrogen (secondary N) is 1. The summed E-state index contributed by atoms with van der Waals surface area (Å²) in [5.41, 5.74) is 0.526. The van der Waals surface area contributed by atoms with Crippen molar-refractivity contribution in [1.82, 2.24) is 0 Å². The van der Waals surface area contributed by atoms with E-state index < -0.39 is 22.9 Å². The molecule has 3 aromatic rings. The van der Waals surface area contributed by atoms with E-state index in [1.165, 1.54) is 24.3 Å². The number of carbonyl (C=O) groups is 2. The number of ether oxygens (including phenoxy) is 3. The number of rotatable bonds is 6. The van der Waals surface area contributed by atoms with E-state index in [2.05, 4.69) is 5.32 Å². The van der Waals surface area contributed by atoms with Crippen LogP contribution >= 0.6 is 11.6 Å². The standard InChI is InChI=1S/C22H15ClN2O7/c23-16-11-15(25(28)29)7-8-17(16)24-21(26)20(13-4-2-1-3-5-13)32-22(27)14-6-9-18-19(10-14)31-12-30-18/h1-11,20H,12H2,(H,24,26)/t20-/m1/s1. The molecule has 0 aromatic heterocycles.